The summed E-state index contributed by atoms with van der Waals surface area (Å²) in [6, 6.07) is 2.14. The minimum Gasteiger partial charge on any atom is -0.396 e. The molecular formula is C60H75Cl3N12O11. The number of fused-ring (bicyclic) bond motifs is 7. The molecule has 462 valence electrons. The van der Waals surface area contributed by atoms with Gasteiger partial charge in [-0.3, -0.25) is 4.99 Å². The summed E-state index contributed by atoms with van der Waals surface area (Å²) in [5, 5.41) is 50.9. The number of aliphatic imine (C=N–C) groups is 1. The Bertz CT molecular complexity index is 3490. The van der Waals surface area contributed by atoms with E-state index in [0.29, 0.717) is 33.7 Å². The Morgan fingerprint density at radius 2 is 1.07 bits per heavy atom. The highest BCUT2D eigenvalue weighted by Crippen LogP contribution is 2.52. The monoisotopic (exact) mass is 1240 g/mol. The smallest absolute Gasteiger partial charge is 0.164 e. The molecule has 3 saturated carbocycles. The summed E-state index contributed by atoms with van der Waals surface area (Å²) >= 11 is 18.1. The van der Waals surface area contributed by atoms with Crippen LogP contribution in [0.5, 0.6) is 0 Å². The molecule has 0 unspecified atom stereocenters. The van der Waals surface area contributed by atoms with E-state index in [2.05, 4.69) is 67.8 Å². The van der Waals surface area contributed by atoms with Gasteiger partial charge in [-0.15, -0.1) is 0 Å². The molecule has 4 aliphatic carbocycles. The lowest BCUT2D eigenvalue weighted by molar-refractivity contribution is -0.160. The third-order valence-corrected chi connectivity index (χ3v) is 18.6. The van der Waals surface area contributed by atoms with Crippen LogP contribution >= 0.6 is 34.8 Å². The summed E-state index contributed by atoms with van der Waals surface area (Å²) in [4.78, 5) is 42.5. The highest BCUT2D eigenvalue weighted by molar-refractivity contribution is 6.34. The van der Waals surface area contributed by atoms with Crippen LogP contribution in [-0.2, 0) is 34.8 Å². The van der Waals surface area contributed by atoms with Crippen molar-refractivity contribution in [3.8, 4) is 0 Å². The lowest BCUT2D eigenvalue weighted by Gasteiger charge is -2.22. The summed E-state index contributed by atoms with van der Waals surface area (Å²) in [5.74, 6) is -1.39. The van der Waals surface area contributed by atoms with Gasteiger partial charge in [0.15, 0.2) is 27.7 Å². The van der Waals surface area contributed by atoms with Gasteiger partial charge in [-0.05, 0) is 97.8 Å². The van der Waals surface area contributed by atoms with Crippen molar-refractivity contribution in [2.75, 3.05) is 25.6 Å². The van der Waals surface area contributed by atoms with Gasteiger partial charge < -0.3 is 74.6 Å². The number of aliphatic hydroxyl groups excluding tert-OH is 5. The van der Waals surface area contributed by atoms with Gasteiger partial charge in [-0.25, -0.2) is 34.9 Å². The Morgan fingerprint density at radius 1 is 0.581 bits per heavy atom. The van der Waals surface area contributed by atoms with Crippen molar-refractivity contribution in [3.05, 3.63) is 99.3 Å². The van der Waals surface area contributed by atoms with Gasteiger partial charge in [0.05, 0.1) is 64.9 Å². The maximum absolute atomic E-state index is 10.1. The van der Waals surface area contributed by atoms with E-state index in [1.165, 1.54) is 24.6 Å². The first-order valence-electron chi connectivity index (χ1n) is 29.2. The van der Waals surface area contributed by atoms with Crippen LogP contribution in [-0.4, -0.2) is 174 Å². The van der Waals surface area contributed by atoms with Crippen LogP contribution in [0.3, 0.4) is 0 Å². The van der Waals surface area contributed by atoms with E-state index in [-0.39, 0.29) is 92.0 Å². The number of nitrogens with one attached hydrogen (secondary N) is 3. The van der Waals surface area contributed by atoms with Gasteiger partial charge in [0.1, 0.15) is 53.2 Å². The summed E-state index contributed by atoms with van der Waals surface area (Å²) in [6.45, 7) is 15.8. The lowest BCUT2D eigenvalue weighted by Crippen LogP contribution is -2.28. The van der Waals surface area contributed by atoms with Gasteiger partial charge in [-0.1, -0.05) is 47.8 Å². The molecule has 7 aromatic rings. The van der Waals surface area contributed by atoms with Crippen molar-refractivity contribution in [1.82, 2.24) is 49.8 Å². The Balaban J connectivity index is 0.000000114. The highest BCUT2D eigenvalue weighted by atomic mass is 35.5. The maximum atomic E-state index is 10.1. The van der Waals surface area contributed by atoms with Crippen molar-refractivity contribution >= 4 is 85.4 Å². The number of aromatic nitrogens is 10. The average molecular weight is 1250 g/mol. The molecule has 86 heavy (non-hydrogen) atoms. The van der Waals surface area contributed by atoms with Crippen molar-refractivity contribution in [1.29, 1.82) is 0 Å². The Labute approximate surface area is 511 Å². The summed E-state index contributed by atoms with van der Waals surface area (Å²) < 4.78 is 35.5. The molecule has 0 bridgehead atoms. The number of nitrogens with two attached hydrogens (primary N) is 1. The van der Waals surface area contributed by atoms with Crippen molar-refractivity contribution < 1.29 is 54.0 Å². The molecule has 7 aromatic heterocycles. The van der Waals surface area contributed by atoms with Crippen LogP contribution in [0.15, 0.2) is 60.9 Å². The SMILES string of the molecule is CC1(C)O[C@@H]2[C@@H](CO)C[C@@H](c3c[nH]c4c(Cl)ncnc34)[C@@H]2O1.CC1(C)O[C@@H]2[C@@H](CO)C[C@H](c3c[nH]c4c(Cl)ncnc34)[C@@H]2O1.CC1=CCc2c(Cl)ncnc21.CC[C@H]1N=C[C@@H]2OC(C)(C)O[C@@H]21.Nc1nccc2c([C@@H]3C[C@H](CO)[C@@H](O)[C@H]3O)c[nH]c12. The lowest BCUT2D eigenvalue weighted by atomic mass is 9.95. The third-order valence-electron chi connectivity index (χ3n) is 17.7. The zero-order valence-corrected chi connectivity index (χ0v) is 51.3. The van der Waals surface area contributed by atoms with Crippen LogP contribution in [0.25, 0.3) is 38.5 Å². The zero-order chi connectivity index (χ0) is 61.1. The molecule has 15 atom stereocenters. The number of aliphatic hydroxyl groups is 5. The number of hydrogen-bond donors (Lipinski definition) is 9. The molecule has 4 aliphatic heterocycles. The Kier molecular flexibility index (Phi) is 18.0. The van der Waals surface area contributed by atoms with E-state index in [9.17, 15) is 25.5 Å². The van der Waals surface area contributed by atoms with E-state index in [4.69, 9.17) is 69.0 Å². The number of nitrogen functional groups attached to an aromatic ring is 1. The molecule has 10 N–H and O–H groups in total. The standard InChI is InChI=1S/2C15H18ClN3O3.C13H17N3O3.C9H15NO2.C8H7ClN2/c2*1-15(2)21-12-7(5-20)3-8(13(12)22-15)9-4-17-11-10(9)18-6-19-14(11)16;14-13-10-7(1-2-15-13)9(4-16-10)8-3-6(5-17)11(18)12(8)19;1-4-6-8-7(5-10-6)11-9(2,3)12-8;1-5-2-3-6-7(5)10-4-11-8(6)9/h2*4,6-8,12-13,17,20H,3,5H2,1-2H3;1-2,4,6,8,11-12,16-19H,3,5H2,(H2,14,15);5-8H,4H2,1-3H3;2,4H,3H2,1H3/t7-,8+,12-,13+;7-,8-,12-,13+;6-,8+,11-,12+;6-,7+,8-;/m1111./s1. The summed E-state index contributed by atoms with van der Waals surface area (Å²) in [7, 11) is 0. The van der Waals surface area contributed by atoms with Gasteiger partial charge >= 0.3 is 0 Å². The zero-order valence-electron chi connectivity index (χ0n) is 49.1. The number of ether oxygens (including phenoxy) is 6. The predicted octanol–water partition coefficient (Wildman–Crippen LogP) is 7.88. The number of rotatable bonds is 7. The molecule has 0 radical (unpaired) electrons. The van der Waals surface area contributed by atoms with Crippen molar-refractivity contribution in [3.63, 3.8) is 0 Å². The summed E-state index contributed by atoms with van der Waals surface area (Å²) in [5.41, 5.74) is 15.9. The number of aromatic amines is 3. The molecule has 0 spiro atoms. The number of pyridine rings is 1. The third kappa shape index (κ3) is 12.1. The van der Waals surface area contributed by atoms with Crippen LogP contribution in [0.4, 0.5) is 5.82 Å². The first kappa shape index (κ1) is 62.3. The molecule has 8 aliphatic rings. The molecule has 15 rings (SSSR count). The normalized spacial score (nSPS) is 31.9. The first-order chi connectivity index (χ1) is 41.0. The van der Waals surface area contributed by atoms with E-state index < -0.39 is 29.6 Å². The number of H-pyrrole nitrogens is 3. The minimum absolute atomic E-state index is 0.0686. The van der Waals surface area contributed by atoms with Crippen LogP contribution < -0.4 is 5.73 Å². The largest absolute Gasteiger partial charge is 0.396 e. The molecule has 6 fully saturated rings. The van der Waals surface area contributed by atoms with Crippen LogP contribution in [0.1, 0.15) is 127 Å². The number of nitrogens with zero attached hydrogens (tertiary/aromatic N) is 8. The molecule has 23 nitrogen and oxygen atoms in total. The number of hydrogen-bond acceptors (Lipinski definition) is 20. The Morgan fingerprint density at radius 3 is 1.60 bits per heavy atom. The van der Waals surface area contributed by atoms with Crippen molar-refractivity contribution in [2.45, 2.75) is 177 Å². The first-order valence-corrected chi connectivity index (χ1v) is 30.3. The van der Waals surface area contributed by atoms with E-state index in [0.717, 1.165) is 86.6 Å². The molecule has 0 amide bonds. The average Bonchev–Trinajstić information content (AvgIpc) is 1.71. The van der Waals surface area contributed by atoms with E-state index in [1.807, 2.05) is 73.1 Å². The fraction of sp³-hybridized carbons (Fsp3) is 0.567. The maximum Gasteiger partial charge on any atom is 0.164 e. The number of halogens is 3. The fourth-order valence-corrected chi connectivity index (χ4v) is 14.3. The van der Waals surface area contributed by atoms with Gasteiger partial charge in [0, 0.05) is 108 Å². The predicted molar refractivity (Wildman–Crippen MR) is 323 cm³/mol. The van der Waals surface area contributed by atoms with Gasteiger partial charge in [-0.2, -0.15) is 0 Å². The topological polar surface area (TPSA) is 333 Å². The molecule has 11 heterocycles. The molecule has 0 aromatic carbocycles. The van der Waals surface area contributed by atoms with E-state index in [1.54, 1.807) is 12.4 Å². The van der Waals surface area contributed by atoms with E-state index >= 15 is 0 Å². The second-order valence-corrected chi connectivity index (χ2v) is 25.6. The fourth-order valence-electron chi connectivity index (χ4n) is 13.7. The Hall–Kier alpha value is -5.35. The quantitative estimate of drug-likeness (QED) is 0.0685. The van der Waals surface area contributed by atoms with Gasteiger partial charge in [0.2, 0.25) is 0 Å². The second kappa shape index (κ2) is 24.9. The number of anilines is 1. The molecule has 3 saturated heterocycles. The summed E-state index contributed by atoms with van der Waals surface area (Å²) in [6.07, 6.45) is 17.9. The van der Waals surface area contributed by atoms with Crippen molar-refractivity contribution in [2.24, 2.45) is 22.7 Å². The minimum atomic E-state index is -0.890. The number of allylic oxidation sites excluding steroid dienone is 2. The second-order valence-electron chi connectivity index (χ2n) is 24.5. The van der Waals surface area contributed by atoms with Crippen LogP contribution in [0.2, 0.25) is 15.5 Å². The van der Waals surface area contributed by atoms with Gasteiger partial charge in [0.25, 0.3) is 0 Å². The highest BCUT2D eigenvalue weighted by Gasteiger charge is 2.56. The van der Waals surface area contributed by atoms with Crippen LogP contribution in [0, 0.1) is 17.8 Å². The molecular weight excluding hydrogens is 1170 g/mol. The molecule has 26 heteroatoms.